The number of hydrogen-bond acceptors (Lipinski definition) is 5. The molecule has 0 aliphatic carbocycles. The molecule has 1 aliphatic rings. The van der Waals surface area contributed by atoms with Crippen LogP contribution in [0.5, 0.6) is 0 Å². The molecule has 0 bridgehead atoms. The predicted molar refractivity (Wildman–Crippen MR) is 92.8 cm³/mol. The number of nitrogens with zero attached hydrogens (tertiary/aromatic N) is 2. The summed E-state index contributed by atoms with van der Waals surface area (Å²) in [4.78, 5) is 30.3. The Morgan fingerprint density at radius 1 is 1.32 bits per heavy atom. The van der Waals surface area contributed by atoms with E-state index in [9.17, 15) is 14.0 Å². The molecule has 0 spiro atoms. The maximum absolute atomic E-state index is 13.0. The van der Waals surface area contributed by atoms with Crippen molar-refractivity contribution in [3.8, 4) is 10.6 Å². The van der Waals surface area contributed by atoms with Gasteiger partial charge in [-0.3, -0.25) is 4.79 Å². The van der Waals surface area contributed by atoms with Gasteiger partial charge in [0.25, 0.3) is 5.91 Å². The lowest BCUT2D eigenvalue weighted by Crippen LogP contribution is -2.44. The molecule has 1 aromatic heterocycles. The molecule has 1 fully saturated rings. The number of piperidine rings is 1. The highest BCUT2D eigenvalue weighted by Crippen LogP contribution is 2.24. The van der Waals surface area contributed by atoms with Crippen molar-refractivity contribution in [3.63, 3.8) is 0 Å². The van der Waals surface area contributed by atoms with E-state index in [0.29, 0.717) is 11.6 Å². The zero-order chi connectivity index (χ0) is 17.8. The van der Waals surface area contributed by atoms with Gasteiger partial charge in [0.15, 0.2) is 12.3 Å². The molecular formula is C18H19FN2O3S. The number of rotatable bonds is 4. The fourth-order valence-corrected chi connectivity index (χ4v) is 3.64. The zero-order valence-corrected chi connectivity index (χ0v) is 14.7. The quantitative estimate of drug-likeness (QED) is 0.781. The number of carbonyl (C=O) groups excluding carboxylic acids is 2. The number of benzene rings is 1. The van der Waals surface area contributed by atoms with Crippen molar-refractivity contribution in [2.24, 2.45) is 0 Å². The van der Waals surface area contributed by atoms with Gasteiger partial charge in [0.05, 0.1) is 0 Å². The Hall–Kier alpha value is -2.28. The topological polar surface area (TPSA) is 59.5 Å². The lowest BCUT2D eigenvalue weighted by molar-refractivity contribution is -0.137. The summed E-state index contributed by atoms with van der Waals surface area (Å²) in [5.74, 6) is -1.12. The van der Waals surface area contributed by atoms with E-state index in [0.717, 1.165) is 24.8 Å². The third-order valence-corrected chi connectivity index (χ3v) is 5.15. The summed E-state index contributed by atoms with van der Waals surface area (Å²) >= 11 is 1.27. The fourth-order valence-electron chi connectivity index (χ4n) is 2.85. The molecular weight excluding hydrogens is 343 g/mol. The van der Waals surface area contributed by atoms with Crippen LogP contribution in [-0.4, -0.2) is 41.0 Å². The van der Waals surface area contributed by atoms with Crippen LogP contribution < -0.4 is 0 Å². The summed E-state index contributed by atoms with van der Waals surface area (Å²) in [6, 6.07) is 6.07. The van der Waals surface area contributed by atoms with E-state index < -0.39 is 5.97 Å². The summed E-state index contributed by atoms with van der Waals surface area (Å²) in [5, 5.41) is 2.18. The number of halogens is 1. The first-order valence-electron chi connectivity index (χ1n) is 8.22. The number of esters is 1. The van der Waals surface area contributed by atoms with E-state index in [4.69, 9.17) is 4.74 Å². The molecule has 0 N–H and O–H groups in total. The van der Waals surface area contributed by atoms with Crippen LogP contribution in [0.2, 0.25) is 0 Å². The van der Waals surface area contributed by atoms with Crippen molar-refractivity contribution in [2.45, 2.75) is 32.2 Å². The van der Waals surface area contributed by atoms with E-state index in [-0.39, 0.29) is 30.1 Å². The lowest BCUT2D eigenvalue weighted by atomic mass is 10.0. The molecule has 0 unspecified atom stereocenters. The minimum Gasteiger partial charge on any atom is -0.451 e. The van der Waals surface area contributed by atoms with Gasteiger partial charge in [-0.15, -0.1) is 11.3 Å². The first kappa shape index (κ1) is 17.5. The van der Waals surface area contributed by atoms with Crippen molar-refractivity contribution < 1.29 is 18.7 Å². The van der Waals surface area contributed by atoms with Crippen LogP contribution in [0.4, 0.5) is 4.39 Å². The van der Waals surface area contributed by atoms with Crippen molar-refractivity contribution in [2.75, 3.05) is 13.2 Å². The van der Waals surface area contributed by atoms with Crippen LogP contribution in [0.3, 0.4) is 0 Å². The number of hydrogen-bond donors (Lipinski definition) is 0. The Morgan fingerprint density at radius 2 is 2.08 bits per heavy atom. The summed E-state index contributed by atoms with van der Waals surface area (Å²) in [7, 11) is 0. The summed E-state index contributed by atoms with van der Waals surface area (Å²) < 4.78 is 18.1. The molecule has 1 aliphatic heterocycles. The van der Waals surface area contributed by atoms with Crippen LogP contribution in [0, 0.1) is 5.82 Å². The van der Waals surface area contributed by atoms with Crippen molar-refractivity contribution in [1.82, 2.24) is 9.88 Å². The average molecular weight is 362 g/mol. The number of ether oxygens (including phenoxy) is 1. The molecule has 1 amide bonds. The average Bonchev–Trinajstić information content (AvgIpc) is 3.10. The van der Waals surface area contributed by atoms with Crippen LogP contribution >= 0.6 is 11.3 Å². The van der Waals surface area contributed by atoms with Gasteiger partial charge in [-0.05, 0) is 50.5 Å². The molecule has 132 valence electrons. The van der Waals surface area contributed by atoms with Gasteiger partial charge in [0, 0.05) is 23.5 Å². The minimum absolute atomic E-state index is 0.156. The monoisotopic (exact) mass is 362 g/mol. The number of thiazole rings is 1. The Balaban J connectivity index is 1.58. The highest BCUT2D eigenvalue weighted by atomic mass is 32.1. The van der Waals surface area contributed by atoms with E-state index in [1.54, 1.807) is 22.4 Å². The third kappa shape index (κ3) is 4.22. The van der Waals surface area contributed by atoms with Gasteiger partial charge in [-0.1, -0.05) is 0 Å². The SMILES string of the molecule is C[C@@H]1CCCCN1C(=O)COC(=O)c1csc(-c2ccc(F)cc2)n1. The van der Waals surface area contributed by atoms with E-state index in [2.05, 4.69) is 4.98 Å². The Labute approximate surface area is 149 Å². The number of amides is 1. The third-order valence-electron chi connectivity index (χ3n) is 4.25. The summed E-state index contributed by atoms with van der Waals surface area (Å²) in [5.41, 5.74) is 0.882. The second-order valence-electron chi connectivity index (χ2n) is 6.05. The molecule has 1 aromatic carbocycles. The molecule has 0 saturated carbocycles. The highest BCUT2D eigenvalue weighted by molar-refractivity contribution is 7.13. The van der Waals surface area contributed by atoms with Gasteiger partial charge in [-0.25, -0.2) is 14.2 Å². The second kappa shape index (κ2) is 7.74. The number of likely N-dealkylation sites (tertiary alicyclic amines) is 1. The number of aromatic nitrogens is 1. The minimum atomic E-state index is -0.623. The van der Waals surface area contributed by atoms with E-state index >= 15 is 0 Å². The molecule has 0 radical (unpaired) electrons. The predicted octanol–water partition coefficient (Wildman–Crippen LogP) is 3.51. The maximum atomic E-state index is 13.0. The molecule has 25 heavy (non-hydrogen) atoms. The fraction of sp³-hybridized carbons (Fsp3) is 0.389. The van der Waals surface area contributed by atoms with Crippen LogP contribution in [0.1, 0.15) is 36.7 Å². The second-order valence-corrected chi connectivity index (χ2v) is 6.91. The first-order chi connectivity index (χ1) is 12.0. The number of carbonyl (C=O) groups is 2. The van der Waals surface area contributed by atoms with Gasteiger partial charge in [0.1, 0.15) is 10.8 Å². The Morgan fingerprint density at radius 3 is 2.80 bits per heavy atom. The van der Waals surface area contributed by atoms with Gasteiger partial charge >= 0.3 is 5.97 Å². The van der Waals surface area contributed by atoms with Crippen molar-refractivity contribution in [1.29, 1.82) is 0 Å². The maximum Gasteiger partial charge on any atom is 0.358 e. The van der Waals surface area contributed by atoms with Gasteiger partial charge in [-0.2, -0.15) is 0 Å². The Kier molecular flexibility index (Phi) is 5.43. The van der Waals surface area contributed by atoms with Crippen molar-refractivity contribution in [3.05, 3.63) is 41.2 Å². The molecule has 1 saturated heterocycles. The molecule has 7 heteroatoms. The molecule has 3 rings (SSSR count). The standard InChI is InChI=1S/C18H19FN2O3S/c1-12-4-2-3-9-21(12)16(22)10-24-18(23)15-11-25-17(20-15)13-5-7-14(19)8-6-13/h5-8,11-12H,2-4,9-10H2,1H3/t12-/m1/s1. The smallest absolute Gasteiger partial charge is 0.358 e. The Bertz CT molecular complexity index is 760. The van der Waals surface area contributed by atoms with E-state index in [1.807, 2.05) is 6.92 Å². The lowest BCUT2D eigenvalue weighted by Gasteiger charge is -2.33. The van der Waals surface area contributed by atoms with E-state index in [1.165, 1.54) is 23.5 Å². The van der Waals surface area contributed by atoms with Crippen molar-refractivity contribution >= 4 is 23.2 Å². The highest BCUT2D eigenvalue weighted by Gasteiger charge is 2.24. The molecule has 1 atom stereocenters. The normalized spacial score (nSPS) is 17.4. The molecule has 5 nitrogen and oxygen atoms in total. The summed E-state index contributed by atoms with van der Waals surface area (Å²) in [6.45, 7) is 2.45. The molecule has 2 aromatic rings. The zero-order valence-electron chi connectivity index (χ0n) is 13.9. The first-order valence-corrected chi connectivity index (χ1v) is 9.10. The van der Waals surface area contributed by atoms with Crippen LogP contribution in [0.25, 0.3) is 10.6 Å². The van der Waals surface area contributed by atoms with Gasteiger partial charge in [0.2, 0.25) is 0 Å². The van der Waals surface area contributed by atoms with Crippen LogP contribution in [0.15, 0.2) is 29.6 Å². The van der Waals surface area contributed by atoms with Crippen LogP contribution in [-0.2, 0) is 9.53 Å². The summed E-state index contributed by atoms with van der Waals surface area (Å²) in [6.07, 6.45) is 3.08. The largest absolute Gasteiger partial charge is 0.451 e. The molecule has 2 heterocycles. The van der Waals surface area contributed by atoms with Gasteiger partial charge < -0.3 is 9.64 Å².